The van der Waals surface area contributed by atoms with Gasteiger partial charge in [-0.15, -0.1) is 0 Å². The molecule has 0 unspecified atom stereocenters. The summed E-state index contributed by atoms with van der Waals surface area (Å²) in [5.74, 6) is 0.577. The highest BCUT2D eigenvalue weighted by Gasteiger charge is 2.37. The maximum Gasteiger partial charge on any atom is 0.115 e. The molecule has 0 spiro atoms. The lowest BCUT2D eigenvalue weighted by atomic mass is 9.82. The minimum Gasteiger partial charge on any atom is -0.508 e. The third-order valence-corrected chi connectivity index (χ3v) is 9.88. The van der Waals surface area contributed by atoms with E-state index in [0.29, 0.717) is 0 Å². The fourth-order valence-electron chi connectivity index (χ4n) is 7.62. The molecule has 1 aliphatic heterocycles. The second-order valence-electron chi connectivity index (χ2n) is 12.9. The average molecular weight is 593 g/mol. The van der Waals surface area contributed by atoms with Gasteiger partial charge in [-0.05, 0) is 93.0 Å². The van der Waals surface area contributed by atoms with E-state index in [-0.39, 0.29) is 11.5 Å². The first-order valence-electron chi connectivity index (χ1n) is 16.5. The van der Waals surface area contributed by atoms with Crippen molar-refractivity contribution in [3.63, 3.8) is 0 Å². The van der Waals surface area contributed by atoms with E-state index in [1.54, 1.807) is 0 Å². The molecule has 6 aromatic carbocycles. The molecule has 0 saturated carbocycles. The number of rotatable bonds is 8. The summed E-state index contributed by atoms with van der Waals surface area (Å²) in [5, 5.41) is 25.5. The smallest absolute Gasteiger partial charge is 0.115 e. The second-order valence-corrected chi connectivity index (χ2v) is 12.9. The number of benzene rings is 6. The van der Waals surface area contributed by atoms with Crippen molar-refractivity contribution in [1.29, 1.82) is 0 Å². The van der Waals surface area contributed by atoms with Crippen LogP contribution in [0.15, 0.2) is 109 Å². The van der Waals surface area contributed by atoms with Crippen LogP contribution < -0.4 is 0 Å². The highest BCUT2D eigenvalue weighted by molar-refractivity contribution is 6.11. The molecule has 3 nitrogen and oxygen atoms in total. The Hall–Kier alpha value is -4.60. The lowest BCUT2D eigenvalue weighted by Gasteiger charge is -2.39. The van der Waals surface area contributed by atoms with Gasteiger partial charge in [0.15, 0.2) is 0 Å². The summed E-state index contributed by atoms with van der Waals surface area (Å²) in [6.45, 7) is 8.77. The summed E-state index contributed by atoms with van der Waals surface area (Å²) in [4.78, 5) is 0. The van der Waals surface area contributed by atoms with Gasteiger partial charge in [-0.2, -0.15) is 0 Å². The second kappa shape index (κ2) is 12.1. The summed E-state index contributed by atoms with van der Waals surface area (Å²) >= 11 is 0. The summed E-state index contributed by atoms with van der Waals surface area (Å²) in [5.41, 5.74) is 10.3. The summed E-state index contributed by atoms with van der Waals surface area (Å²) < 4.78 is 1.01. The van der Waals surface area contributed by atoms with Gasteiger partial charge in [0, 0.05) is 22.3 Å². The fraction of sp³-hybridized carbons (Fsp3) is 0.238. The molecule has 3 heteroatoms. The van der Waals surface area contributed by atoms with E-state index in [1.165, 1.54) is 67.8 Å². The van der Waals surface area contributed by atoms with Crippen LogP contribution in [-0.2, 0) is 13.1 Å². The number of quaternary nitrogens is 1. The average Bonchev–Trinajstić information content (AvgIpc) is 3.22. The zero-order chi connectivity index (χ0) is 31.0. The van der Waals surface area contributed by atoms with E-state index in [0.717, 1.165) is 54.6 Å². The molecule has 0 aliphatic carbocycles. The van der Waals surface area contributed by atoms with Gasteiger partial charge in [0.2, 0.25) is 0 Å². The van der Waals surface area contributed by atoms with Gasteiger partial charge in [0.1, 0.15) is 24.6 Å². The Labute approximate surface area is 266 Å². The lowest BCUT2D eigenvalue weighted by molar-refractivity contribution is -0.953. The molecule has 0 saturated heterocycles. The molecule has 0 amide bonds. The third-order valence-electron chi connectivity index (χ3n) is 9.88. The SMILES string of the molecule is CCCC[N+]1(CCCC)Cc2c(-c3ccc(O)cc3)cc3ccccc3c2-c2c(c(-c3ccc(O)cc3)cc3ccccc23)C1. The standard InChI is InChI=1S/C42H41NO2/c1-3-5-23-43(24-6-4-2)27-39-37(29-15-19-33(44)20-16-29)25-31-11-7-9-13-35(31)41(39)42-36-14-10-8-12-32(36)26-38(40(42)28-43)30-17-21-34(45)22-18-30/h7-22,25-26H,3-6,23-24,27-28H2,1-2H3,(H-,44,45)/p+1. The number of nitrogens with zero attached hydrogens (tertiary/aromatic N) is 1. The van der Waals surface area contributed by atoms with Crippen LogP contribution in [-0.4, -0.2) is 27.8 Å². The van der Waals surface area contributed by atoms with E-state index in [2.05, 4.69) is 98.8 Å². The van der Waals surface area contributed by atoms with Crippen molar-refractivity contribution in [3.05, 3.63) is 120 Å². The highest BCUT2D eigenvalue weighted by atomic mass is 16.3. The van der Waals surface area contributed by atoms with Crippen LogP contribution in [0.4, 0.5) is 0 Å². The van der Waals surface area contributed by atoms with E-state index >= 15 is 0 Å². The first-order chi connectivity index (χ1) is 22.0. The van der Waals surface area contributed by atoms with Crippen molar-refractivity contribution in [1.82, 2.24) is 0 Å². The zero-order valence-corrected chi connectivity index (χ0v) is 26.4. The number of phenolic OH excluding ortho intramolecular Hbond substituents is 2. The Morgan fingerprint density at radius 2 is 0.933 bits per heavy atom. The number of hydrogen-bond donors (Lipinski definition) is 2. The largest absolute Gasteiger partial charge is 0.508 e. The highest BCUT2D eigenvalue weighted by Crippen LogP contribution is 2.50. The Morgan fingerprint density at radius 1 is 0.533 bits per heavy atom. The molecule has 45 heavy (non-hydrogen) atoms. The van der Waals surface area contributed by atoms with Gasteiger partial charge >= 0.3 is 0 Å². The Kier molecular flexibility index (Phi) is 7.81. The fourth-order valence-corrected chi connectivity index (χ4v) is 7.62. The van der Waals surface area contributed by atoms with Crippen LogP contribution in [0.5, 0.6) is 11.5 Å². The first kappa shape index (κ1) is 29.1. The van der Waals surface area contributed by atoms with E-state index in [4.69, 9.17) is 0 Å². The van der Waals surface area contributed by atoms with Gasteiger partial charge in [-0.3, -0.25) is 0 Å². The predicted octanol–water partition coefficient (Wildman–Crippen LogP) is 10.8. The van der Waals surface area contributed by atoms with Crippen LogP contribution in [0.25, 0.3) is 54.9 Å². The third kappa shape index (κ3) is 5.36. The van der Waals surface area contributed by atoms with Crippen molar-refractivity contribution >= 4 is 21.5 Å². The summed E-state index contributed by atoms with van der Waals surface area (Å²) in [7, 11) is 0. The molecular formula is C42H42NO2+. The van der Waals surface area contributed by atoms with Gasteiger partial charge in [0.05, 0.1) is 13.1 Å². The number of fused-ring (bicyclic) bond motifs is 7. The molecule has 0 aromatic heterocycles. The van der Waals surface area contributed by atoms with E-state index < -0.39 is 0 Å². The van der Waals surface area contributed by atoms with Crippen molar-refractivity contribution in [3.8, 4) is 44.9 Å². The Bertz CT molecular complexity index is 1840. The van der Waals surface area contributed by atoms with Crippen molar-refractivity contribution < 1.29 is 14.7 Å². The minimum atomic E-state index is 0.288. The molecule has 0 bridgehead atoms. The minimum absolute atomic E-state index is 0.288. The lowest BCUT2D eigenvalue weighted by Crippen LogP contribution is -2.47. The predicted molar refractivity (Wildman–Crippen MR) is 188 cm³/mol. The van der Waals surface area contributed by atoms with Crippen LogP contribution in [0, 0.1) is 0 Å². The number of aromatic hydroxyl groups is 2. The van der Waals surface area contributed by atoms with Crippen LogP contribution >= 0.6 is 0 Å². The topological polar surface area (TPSA) is 40.5 Å². The number of phenols is 2. The molecule has 6 aromatic rings. The molecule has 0 radical (unpaired) electrons. The van der Waals surface area contributed by atoms with Crippen LogP contribution in [0.3, 0.4) is 0 Å². The van der Waals surface area contributed by atoms with E-state index in [1.807, 2.05) is 24.3 Å². The van der Waals surface area contributed by atoms with Crippen molar-refractivity contribution in [2.45, 2.75) is 52.6 Å². The molecule has 0 atom stereocenters. The Morgan fingerprint density at radius 3 is 1.33 bits per heavy atom. The number of unbranched alkanes of at least 4 members (excludes halogenated alkanes) is 2. The molecule has 226 valence electrons. The van der Waals surface area contributed by atoms with Crippen molar-refractivity contribution in [2.24, 2.45) is 0 Å². The molecule has 0 fully saturated rings. The quantitative estimate of drug-likeness (QED) is 0.173. The first-order valence-corrected chi connectivity index (χ1v) is 16.5. The number of hydrogen-bond acceptors (Lipinski definition) is 2. The molecular weight excluding hydrogens is 550 g/mol. The van der Waals surface area contributed by atoms with Gasteiger partial charge in [0.25, 0.3) is 0 Å². The normalized spacial score (nSPS) is 13.8. The Balaban J connectivity index is 1.67. The molecule has 1 heterocycles. The maximum atomic E-state index is 10.2. The maximum absolute atomic E-state index is 10.2. The molecule has 2 N–H and O–H groups in total. The van der Waals surface area contributed by atoms with Gasteiger partial charge in [-0.25, -0.2) is 0 Å². The summed E-state index contributed by atoms with van der Waals surface area (Å²) in [6.07, 6.45) is 4.69. The van der Waals surface area contributed by atoms with Gasteiger partial charge in [-0.1, -0.05) is 99.5 Å². The van der Waals surface area contributed by atoms with Crippen molar-refractivity contribution in [2.75, 3.05) is 13.1 Å². The monoisotopic (exact) mass is 592 g/mol. The molecule has 1 aliphatic rings. The van der Waals surface area contributed by atoms with E-state index in [9.17, 15) is 10.2 Å². The zero-order valence-electron chi connectivity index (χ0n) is 26.4. The van der Waals surface area contributed by atoms with Crippen LogP contribution in [0.1, 0.15) is 50.7 Å². The van der Waals surface area contributed by atoms with Crippen LogP contribution in [0.2, 0.25) is 0 Å². The summed E-state index contributed by atoms with van der Waals surface area (Å²) in [6, 6.07) is 38.0. The van der Waals surface area contributed by atoms with Gasteiger partial charge < -0.3 is 14.7 Å². The molecule has 7 rings (SSSR count).